The SMILES string of the molecule is O=C(N1CCc2[nH]c3ccccc3c2CC1)C(F)(F)F. The number of carbonyl (C=O) groups excluding carboxylic acids is 1. The summed E-state index contributed by atoms with van der Waals surface area (Å²) >= 11 is 0. The highest BCUT2D eigenvalue weighted by Crippen LogP contribution is 2.27. The highest BCUT2D eigenvalue weighted by Gasteiger charge is 2.42. The van der Waals surface area contributed by atoms with Crippen molar-refractivity contribution in [2.24, 2.45) is 0 Å². The summed E-state index contributed by atoms with van der Waals surface area (Å²) in [7, 11) is 0. The van der Waals surface area contributed by atoms with Crippen molar-refractivity contribution in [2.45, 2.75) is 19.0 Å². The van der Waals surface area contributed by atoms with Crippen LogP contribution in [0.2, 0.25) is 0 Å². The van der Waals surface area contributed by atoms with Gasteiger partial charge in [0.05, 0.1) is 0 Å². The summed E-state index contributed by atoms with van der Waals surface area (Å²) in [6, 6.07) is 7.71. The maximum atomic E-state index is 12.5. The Labute approximate surface area is 113 Å². The van der Waals surface area contributed by atoms with Gasteiger partial charge in [0, 0.05) is 36.1 Å². The molecular weight excluding hydrogens is 269 g/mol. The van der Waals surface area contributed by atoms with Crippen molar-refractivity contribution in [1.82, 2.24) is 9.88 Å². The molecule has 1 aromatic carbocycles. The lowest BCUT2D eigenvalue weighted by Gasteiger charge is -2.21. The van der Waals surface area contributed by atoms with E-state index >= 15 is 0 Å². The molecule has 2 aromatic rings. The van der Waals surface area contributed by atoms with E-state index in [9.17, 15) is 18.0 Å². The van der Waals surface area contributed by atoms with Crippen molar-refractivity contribution in [3.8, 4) is 0 Å². The molecule has 6 heteroatoms. The normalized spacial score (nSPS) is 16.1. The Hall–Kier alpha value is -1.98. The molecule has 1 amide bonds. The summed E-state index contributed by atoms with van der Waals surface area (Å²) in [6.45, 7) is 0.200. The van der Waals surface area contributed by atoms with Crippen LogP contribution in [0.1, 0.15) is 11.3 Å². The van der Waals surface area contributed by atoms with Crippen LogP contribution in [0, 0.1) is 0 Å². The van der Waals surface area contributed by atoms with Crippen molar-refractivity contribution >= 4 is 16.8 Å². The number of rotatable bonds is 0. The van der Waals surface area contributed by atoms with Gasteiger partial charge in [-0.2, -0.15) is 13.2 Å². The van der Waals surface area contributed by atoms with Gasteiger partial charge in [-0.3, -0.25) is 4.79 Å². The summed E-state index contributed by atoms with van der Waals surface area (Å²) < 4.78 is 37.4. The molecule has 20 heavy (non-hydrogen) atoms. The average molecular weight is 282 g/mol. The molecule has 0 aliphatic carbocycles. The number of aromatic nitrogens is 1. The molecule has 0 spiro atoms. The minimum atomic E-state index is -4.79. The van der Waals surface area contributed by atoms with Gasteiger partial charge in [0.2, 0.25) is 0 Å². The van der Waals surface area contributed by atoms with Crippen LogP contribution < -0.4 is 0 Å². The number of H-pyrrole nitrogens is 1. The van der Waals surface area contributed by atoms with Crippen LogP contribution >= 0.6 is 0 Å². The Morgan fingerprint density at radius 1 is 1.15 bits per heavy atom. The number of halogens is 3. The number of nitrogens with zero attached hydrogens (tertiary/aromatic N) is 1. The number of hydrogen-bond donors (Lipinski definition) is 1. The highest BCUT2D eigenvalue weighted by molar-refractivity contribution is 5.85. The smallest absolute Gasteiger partial charge is 0.358 e. The fourth-order valence-corrected chi connectivity index (χ4v) is 2.74. The van der Waals surface area contributed by atoms with E-state index in [1.54, 1.807) is 0 Å². The van der Waals surface area contributed by atoms with Gasteiger partial charge >= 0.3 is 12.1 Å². The van der Waals surface area contributed by atoms with Crippen LogP contribution in [0.4, 0.5) is 13.2 Å². The van der Waals surface area contributed by atoms with Crippen molar-refractivity contribution in [3.05, 3.63) is 35.5 Å². The summed E-state index contributed by atoms with van der Waals surface area (Å²) in [6.07, 6.45) is -3.92. The van der Waals surface area contributed by atoms with E-state index in [-0.39, 0.29) is 13.1 Å². The van der Waals surface area contributed by atoms with Crippen LogP contribution in [0.3, 0.4) is 0 Å². The number of benzene rings is 1. The first-order chi connectivity index (χ1) is 9.47. The van der Waals surface area contributed by atoms with Gasteiger partial charge < -0.3 is 9.88 Å². The molecule has 1 aromatic heterocycles. The minimum Gasteiger partial charge on any atom is -0.358 e. The lowest BCUT2D eigenvalue weighted by molar-refractivity contribution is -0.185. The van der Waals surface area contributed by atoms with Crippen molar-refractivity contribution in [3.63, 3.8) is 0 Å². The maximum Gasteiger partial charge on any atom is 0.471 e. The number of fused-ring (bicyclic) bond motifs is 3. The topological polar surface area (TPSA) is 36.1 Å². The van der Waals surface area contributed by atoms with Gasteiger partial charge in [-0.25, -0.2) is 0 Å². The molecule has 2 heterocycles. The average Bonchev–Trinajstić information content (AvgIpc) is 2.62. The highest BCUT2D eigenvalue weighted by atomic mass is 19.4. The summed E-state index contributed by atoms with van der Waals surface area (Å²) in [4.78, 5) is 15.4. The largest absolute Gasteiger partial charge is 0.471 e. The van der Waals surface area contributed by atoms with E-state index in [4.69, 9.17) is 0 Å². The van der Waals surface area contributed by atoms with E-state index in [0.717, 1.165) is 27.1 Å². The molecule has 3 rings (SSSR count). The second-order valence-electron chi connectivity index (χ2n) is 4.92. The van der Waals surface area contributed by atoms with Crippen LogP contribution in [-0.4, -0.2) is 35.1 Å². The van der Waals surface area contributed by atoms with Crippen LogP contribution in [0.15, 0.2) is 24.3 Å². The fourth-order valence-electron chi connectivity index (χ4n) is 2.74. The first-order valence-corrected chi connectivity index (χ1v) is 6.41. The second kappa shape index (κ2) is 4.54. The molecule has 0 bridgehead atoms. The lowest BCUT2D eigenvalue weighted by atomic mass is 10.1. The van der Waals surface area contributed by atoms with Crippen molar-refractivity contribution in [2.75, 3.05) is 13.1 Å². The van der Waals surface area contributed by atoms with Crippen molar-refractivity contribution in [1.29, 1.82) is 0 Å². The maximum absolute atomic E-state index is 12.5. The van der Waals surface area contributed by atoms with Crippen LogP contribution in [0.25, 0.3) is 10.9 Å². The zero-order chi connectivity index (χ0) is 14.3. The fraction of sp³-hybridized carbons (Fsp3) is 0.357. The van der Waals surface area contributed by atoms with E-state index < -0.39 is 12.1 Å². The monoisotopic (exact) mass is 282 g/mol. The molecule has 0 saturated carbocycles. The van der Waals surface area contributed by atoms with E-state index in [1.807, 2.05) is 24.3 Å². The third-order valence-corrected chi connectivity index (χ3v) is 3.70. The Balaban J connectivity index is 1.88. The lowest BCUT2D eigenvalue weighted by Crippen LogP contribution is -2.42. The number of alkyl halides is 3. The van der Waals surface area contributed by atoms with Gasteiger partial charge in [0.25, 0.3) is 0 Å². The third kappa shape index (κ3) is 2.15. The van der Waals surface area contributed by atoms with Gasteiger partial charge in [-0.05, 0) is 18.1 Å². The Kier molecular flexibility index (Phi) is 2.96. The number of nitrogens with one attached hydrogen (secondary N) is 1. The Morgan fingerprint density at radius 3 is 2.60 bits per heavy atom. The number of para-hydroxylation sites is 1. The predicted molar refractivity (Wildman–Crippen MR) is 68.3 cm³/mol. The molecule has 0 fully saturated rings. The Morgan fingerprint density at radius 2 is 1.85 bits per heavy atom. The molecular formula is C14H13F3N2O. The zero-order valence-corrected chi connectivity index (χ0v) is 10.6. The molecule has 0 atom stereocenters. The molecule has 106 valence electrons. The number of hydrogen-bond acceptors (Lipinski definition) is 1. The first kappa shape index (κ1) is 13.0. The predicted octanol–water partition coefficient (Wildman–Crippen LogP) is 2.66. The van der Waals surface area contributed by atoms with E-state index in [2.05, 4.69) is 4.98 Å². The number of aromatic amines is 1. The van der Waals surface area contributed by atoms with E-state index in [0.29, 0.717) is 12.8 Å². The molecule has 1 N–H and O–H groups in total. The number of amides is 1. The summed E-state index contributed by atoms with van der Waals surface area (Å²) in [5, 5.41) is 1.03. The third-order valence-electron chi connectivity index (χ3n) is 3.70. The van der Waals surface area contributed by atoms with Gasteiger partial charge in [0.15, 0.2) is 0 Å². The van der Waals surface area contributed by atoms with Gasteiger partial charge in [-0.15, -0.1) is 0 Å². The molecule has 0 saturated heterocycles. The number of carbonyl (C=O) groups is 1. The molecule has 1 aliphatic rings. The quantitative estimate of drug-likeness (QED) is 0.792. The summed E-state index contributed by atoms with van der Waals surface area (Å²) in [5.41, 5.74) is 2.95. The second-order valence-corrected chi connectivity index (χ2v) is 4.92. The summed E-state index contributed by atoms with van der Waals surface area (Å²) in [5.74, 6) is -1.74. The standard InChI is InChI=1S/C14H13F3N2O/c15-14(16,17)13(20)19-7-5-10-9-3-1-2-4-11(9)18-12(10)6-8-19/h1-4,18H,5-8H2. The van der Waals surface area contributed by atoms with Gasteiger partial charge in [0.1, 0.15) is 0 Å². The van der Waals surface area contributed by atoms with Gasteiger partial charge in [-0.1, -0.05) is 18.2 Å². The van der Waals surface area contributed by atoms with Crippen LogP contribution in [0.5, 0.6) is 0 Å². The molecule has 1 aliphatic heterocycles. The minimum absolute atomic E-state index is 0.0954. The van der Waals surface area contributed by atoms with E-state index in [1.165, 1.54) is 0 Å². The van der Waals surface area contributed by atoms with Crippen LogP contribution in [-0.2, 0) is 17.6 Å². The molecule has 0 unspecified atom stereocenters. The first-order valence-electron chi connectivity index (χ1n) is 6.41. The molecule has 3 nitrogen and oxygen atoms in total. The zero-order valence-electron chi connectivity index (χ0n) is 10.6. The molecule has 0 radical (unpaired) electrons. The Bertz CT molecular complexity index is 660. The van der Waals surface area contributed by atoms with Crippen molar-refractivity contribution < 1.29 is 18.0 Å².